The number of aromatic nitrogens is 4. The van der Waals surface area contributed by atoms with E-state index in [1.165, 1.54) is 4.57 Å². The first kappa shape index (κ1) is 22.8. The number of nitrogens with zero attached hydrogens (tertiary/aromatic N) is 4. The van der Waals surface area contributed by atoms with Crippen molar-refractivity contribution in [2.24, 2.45) is 11.8 Å². The number of halogens is 1. The van der Waals surface area contributed by atoms with E-state index in [1.807, 2.05) is 27.7 Å². The van der Waals surface area contributed by atoms with Gasteiger partial charge in [-0.05, 0) is 29.5 Å². The molecule has 0 spiro atoms. The number of rotatable bonds is 8. The summed E-state index contributed by atoms with van der Waals surface area (Å²) in [5.41, 5.74) is 0.553. The molecule has 3 aromatic rings. The third kappa shape index (κ3) is 5.25. The summed E-state index contributed by atoms with van der Waals surface area (Å²) in [5, 5.41) is 3.37. The second-order valence-electron chi connectivity index (χ2n) is 8.54. The molecule has 1 aromatic carbocycles. The number of benzene rings is 1. The van der Waals surface area contributed by atoms with Gasteiger partial charge >= 0.3 is 5.69 Å². The quantitative estimate of drug-likeness (QED) is 0.577. The van der Waals surface area contributed by atoms with Gasteiger partial charge in [0.1, 0.15) is 6.54 Å². The van der Waals surface area contributed by atoms with E-state index >= 15 is 0 Å². The Morgan fingerprint density at radius 1 is 1.03 bits per heavy atom. The summed E-state index contributed by atoms with van der Waals surface area (Å²) in [6.45, 7) is 8.96. The molecule has 2 aromatic heterocycles. The van der Waals surface area contributed by atoms with Gasteiger partial charge in [-0.2, -0.15) is 0 Å². The fourth-order valence-electron chi connectivity index (χ4n) is 3.44. The van der Waals surface area contributed by atoms with E-state index in [0.29, 0.717) is 35.2 Å². The SMILES string of the molecule is CC(C)Cn1cnc2c1c(=O)n(CC(=O)NCc1ccc(Cl)cc1)c(=O)n2CC(C)C. The van der Waals surface area contributed by atoms with E-state index in [0.717, 1.165) is 10.1 Å². The zero-order valence-electron chi connectivity index (χ0n) is 18.3. The molecule has 8 nitrogen and oxygen atoms in total. The van der Waals surface area contributed by atoms with E-state index in [2.05, 4.69) is 10.3 Å². The smallest absolute Gasteiger partial charge is 0.333 e. The molecule has 166 valence electrons. The largest absolute Gasteiger partial charge is 0.350 e. The number of nitrogens with one attached hydrogen (secondary N) is 1. The van der Waals surface area contributed by atoms with E-state index < -0.39 is 17.2 Å². The molecule has 2 heterocycles. The second-order valence-corrected chi connectivity index (χ2v) is 8.98. The Kier molecular flexibility index (Phi) is 7.00. The Morgan fingerprint density at radius 3 is 2.29 bits per heavy atom. The number of carbonyl (C=O) groups is 1. The van der Waals surface area contributed by atoms with Crippen LogP contribution in [0.2, 0.25) is 5.02 Å². The van der Waals surface area contributed by atoms with Crippen LogP contribution in [-0.2, 0) is 31.0 Å². The van der Waals surface area contributed by atoms with E-state index in [1.54, 1.807) is 35.2 Å². The maximum Gasteiger partial charge on any atom is 0.333 e. The number of imidazole rings is 1. The lowest BCUT2D eigenvalue weighted by molar-refractivity contribution is -0.121. The van der Waals surface area contributed by atoms with Gasteiger partial charge in [0.2, 0.25) is 5.91 Å². The summed E-state index contributed by atoms with van der Waals surface area (Å²) >= 11 is 5.88. The second kappa shape index (κ2) is 9.51. The highest BCUT2D eigenvalue weighted by Crippen LogP contribution is 2.12. The van der Waals surface area contributed by atoms with Crippen LogP contribution >= 0.6 is 11.6 Å². The van der Waals surface area contributed by atoms with Gasteiger partial charge in [-0.25, -0.2) is 14.3 Å². The molecule has 0 saturated heterocycles. The molecule has 0 radical (unpaired) electrons. The van der Waals surface area contributed by atoms with Crippen LogP contribution in [0, 0.1) is 11.8 Å². The van der Waals surface area contributed by atoms with Gasteiger partial charge in [-0.3, -0.25) is 14.2 Å². The minimum atomic E-state index is -0.525. The topological polar surface area (TPSA) is 90.9 Å². The number of amides is 1. The van der Waals surface area contributed by atoms with Crippen molar-refractivity contribution < 1.29 is 4.79 Å². The maximum atomic E-state index is 13.2. The van der Waals surface area contributed by atoms with Crippen LogP contribution in [0.3, 0.4) is 0 Å². The maximum absolute atomic E-state index is 13.2. The molecule has 3 rings (SSSR count). The molecule has 0 saturated carbocycles. The predicted octanol–water partition coefficient (Wildman–Crippen LogP) is 2.64. The molecule has 0 unspecified atom stereocenters. The zero-order chi connectivity index (χ0) is 22.7. The number of hydrogen-bond acceptors (Lipinski definition) is 4. The van der Waals surface area contributed by atoms with Gasteiger partial charge in [-0.15, -0.1) is 0 Å². The van der Waals surface area contributed by atoms with Crippen LogP contribution in [0.5, 0.6) is 0 Å². The van der Waals surface area contributed by atoms with Gasteiger partial charge in [0.15, 0.2) is 11.2 Å². The Labute approximate surface area is 185 Å². The molecule has 0 aliphatic rings. The molecule has 9 heteroatoms. The lowest BCUT2D eigenvalue weighted by Gasteiger charge is -2.14. The summed E-state index contributed by atoms with van der Waals surface area (Å²) in [6, 6.07) is 7.09. The highest BCUT2D eigenvalue weighted by Gasteiger charge is 2.20. The van der Waals surface area contributed by atoms with E-state index in [4.69, 9.17) is 11.6 Å². The molecule has 0 bridgehead atoms. The van der Waals surface area contributed by atoms with Crippen molar-refractivity contribution in [3.63, 3.8) is 0 Å². The highest BCUT2D eigenvalue weighted by molar-refractivity contribution is 6.30. The average molecular weight is 446 g/mol. The van der Waals surface area contributed by atoms with Crippen LogP contribution in [0.15, 0.2) is 40.2 Å². The van der Waals surface area contributed by atoms with Crippen LogP contribution in [0.4, 0.5) is 0 Å². The third-order valence-corrected chi connectivity index (χ3v) is 5.05. The molecule has 0 aliphatic carbocycles. The molecule has 31 heavy (non-hydrogen) atoms. The molecule has 0 fully saturated rings. The molecular formula is C22H28ClN5O3. The van der Waals surface area contributed by atoms with Crippen molar-refractivity contribution >= 4 is 28.7 Å². The van der Waals surface area contributed by atoms with E-state index in [9.17, 15) is 14.4 Å². The van der Waals surface area contributed by atoms with Crippen molar-refractivity contribution in [2.75, 3.05) is 0 Å². The van der Waals surface area contributed by atoms with Gasteiger partial charge in [0.25, 0.3) is 5.56 Å². The minimum Gasteiger partial charge on any atom is -0.350 e. The van der Waals surface area contributed by atoms with E-state index in [-0.39, 0.29) is 19.0 Å². The normalized spacial score (nSPS) is 11.6. The van der Waals surface area contributed by atoms with Crippen molar-refractivity contribution in [3.8, 4) is 0 Å². The van der Waals surface area contributed by atoms with Crippen LogP contribution in [0.1, 0.15) is 33.3 Å². The monoisotopic (exact) mass is 445 g/mol. The standard InChI is InChI=1S/C22H28ClN5O3/c1-14(2)10-26-13-25-20-19(26)21(30)28(22(31)27(20)11-15(3)4)12-18(29)24-9-16-5-7-17(23)8-6-16/h5-8,13-15H,9-12H2,1-4H3,(H,24,29). The number of hydrogen-bond donors (Lipinski definition) is 1. The van der Waals surface area contributed by atoms with Gasteiger partial charge in [0, 0.05) is 24.7 Å². The van der Waals surface area contributed by atoms with Crippen molar-refractivity contribution in [1.82, 2.24) is 24.0 Å². The van der Waals surface area contributed by atoms with Crippen LogP contribution in [-0.4, -0.2) is 24.6 Å². The lowest BCUT2D eigenvalue weighted by Crippen LogP contribution is -2.44. The Hall–Kier alpha value is -2.87. The minimum absolute atomic E-state index is 0.167. The average Bonchev–Trinajstić information content (AvgIpc) is 3.10. The molecule has 1 N–H and O–H groups in total. The lowest BCUT2D eigenvalue weighted by atomic mass is 10.2. The summed E-state index contributed by atoms with van der Waals surface area (Å²) in [4.78, 5) is 43.2. The molecule has 1 amide bonds. The number of carbonyl (C=O) groups excluding carboxylic acids is 1. The predicted molar refractivity (Wildman–Crippen MR) is 121 cm³/mol. The van der Waals surface area contributed by atoms with Crippen LogP contribution < -0.4 is 16.6 Å². The number of fused-ring (bicyclic) bond motifs is 1. The summed E-state index contributed by atoms with van der Waals surface area (Å²) in [5.74, 6) is 0.0405. The molecule has 0 aliphatic heterocycles. The van der Waals surface area contributed by atoms with Crippen LogP contribution in [0.25, 0.3) is 11.2 Å². The Balaban J connectivity index is 1.96. The first-order valence-corrected chi connectivity index (χ1v) is 10.7. The van der Waals surface area contributed by atoms with Gasteiger partial charge in [-0.1, -0.05) is 51.4 Å². The fourth-order valence-corrected chi connectivity index (χ4v) is 3.57. The summed E-state index contributed by atoms with van der Waals surface area (Å²) in [6.07, 6.45) is 1.59. The molecule has 0 atom stereocenters. The van der Waals surface area contributed by atoms with Crippen molar-refractivity contribution in [1.29, 1.82) is 0 Å². The zero-order valence-corrected chi connectivity index (χ0v) is 19.0. The molecular weight excluding hydrogens is 418 g/mol. The van der Waals surface area contributed by atoms with Crippen molar-refractivity contribution in [3.05, 3.63) is 62.0 Å². The summed E-state index contributed by atoms with van der Waals surface area (Å²) < 4.78 is 4.26. The fraction of sp³-hybridized carbons (Fsp3) is 0.455. The van der Waals surface area contributed by atoms with Gasteiger partial charge < -0.3 is 9.88 Å². The third-order valence-electron chi connectivity index (χ3n) is 4.80. The Morgan fingerprint density at radius 2 is 1.68 bits per heavy atom. The first-order valence-electron chi connectivity index (χ1n) is 10.4. The van der Waals surface area contributed by atoms with Gasteiger partial charge in [0.05, 0.1) is 6.33 Å². The summed E-state index contributed by atoms with van der Waals surface area (Å²) in [7, 11) is 0. The Bertz CT molecular complexity index is 1190. The first-order chi connectivity index (χ1) is 14.7. The van der Waals surface area contributed by atoms with Crippen molar-refractivity contribution in [2.45, 2.75) is 53.9 Å². The highest BCUT2D eigenvalue weighted by atomic mass is 35.5.